The largest absolute Gasteiger partial charge is 0.329 e. The minimum Gasteiger partial charge on any atom is -0.329 e. The van der Waals surface area contributed by atoms with Gasteiger partial charge in [0.1, 0.15) is 0 Å². The second-order valence-electron chi connectivity index (χ2n) is 5.91. The van der Waals surface area contributed by atoms with Gasteiger partial charge in [-0.2, -0.15) is 0 Å². The zero-order valence-corrected chi connectivity index (χ0v) is 12.8. The normalized spacial score (nSPS) is 20.4. The van der Waals surface area contributed by atoms with Gasteiger partial charge in [0.2, 0.25) is 0 Å². The number of likely N-dealkylation sites (tertiary alicyclic amines) is 1. The van der Waals surface area contributed by atoms with Crippen molar-refractivity contribution in [2.24, 2.45) is 11.7 Å². The van der Waals surface area contributed by atoms with Gasteiger partial charge in [-0.1, -0.05) is 37.3 Å². The van der Waals surface area contributed by atoms with Gasteiger partial charge in [0, 0.05) is 32.7 Å². The highest BCUT2D eigenvalue weighted by atomic mass is 15.2. The van der Waals surface area contributed by atoms with Crippen LogP contribution in [0.5, 0.6) is 0 Å². The summed E-state index contributed by atoms with van der Waals surface area (Å²) in [5, 5.41) is 0. The molecular formula is C17H29N3. The fraction of sp³-hybridized carbons (Fsp3) is 0.647. The number of rotatable bonds is 7. The molecule has 0 aliphatic carbocycles. The van der Waals surface area contributed by atoms with Gasteiger partial charge >= 0.3 is 0 Å². The summed E-state index contributed by atoms with van der Waals surface area (Å²) < 4.78 is 0. The lowest BCUT2D eigenvalue weighted by atomic mass is 9.97. The third kappa shape index (κ3) is 4.89. The summed E-state index contributed by atoms with van der Waals surface area (Å²) in [6, 6.07) is 10.8. The molecule has 1 saturated heterocycles. The van der Waals surface area contributed by atoms with E-state index in [9.17, 15) is 0 Å². The van der Waals surface area contributed by atoms with E-state index in [2.05, 4.69) is 47.1 Å². The van der Waals surface area contributed by atoms with Gasteiger partial charge in [-0.05, 0) is 37.4 Å². The van der Waals surface area contributed by atoms with Crippen molar-refractivity contribution >= 4 is 0 Å². The molecule has 2 N–H and O–H groups in total. The molecule has 3 nitrogen and oxygen atoms in total. The zero-order valence-electron chi connectivity index (χ0n) is 12.8. The first-order valence-corrected chi connectivity index (χ1v) is 8.00. The Kier molecular flexibility index (Phi) is 6.51. The standard InChI is InChI=1S/C17H29N3/c1-2-19(12-10-18)14-17-9-6-11-20(15-17)13-16-7-4-3-5-8-16/h3-5,7-8,17H,2,6,9-15,18H2,1H3/t17-/m1/s1. The third-order valence-corrected chi connectivity index (χ3v) is 4.26. The maximum absolute atomic E-state index is 5.69. The van der Waals surface area contributed by atoms with Crippen molar-refractivity contribution in [1.29, 1.82) is 0 Å². The topological polar surface area (TPSA) is 32.5 Å². The van der Waals surface area contributed by atoms with Crippen LogP contribution in [0.4, 0.5) is 0 Å². The molecule has 0 radical (unpaired) electrons. The monoisotopic (exact) mass is 275 g/mol. The Balaban J connectivity index is 1.82. The number of hydrogen-bond donors (Lipinski definition) is 1. The molecule has 0 unspecified atom stereocenters. The molecule has 112 valence electrons. The Hall–Kier alpha value is -0.900. The summed E-state index contributed by atoms with van der Waals surface area (Å²) in [6.45, 7) is 9.94. The highest BCUT2D eigenvalue weighted by Gasteiger charge is 2.21. The minimum absolute atomic E-state index is 0.772. The fourth-order valence-electron chi connectivity index (χ4n) is 3.21. The summed E-state index contributed by atoms with van der Waals surface area (Å²) in [6.07, 6.45) is 2.70. The molecule has 1 aliphatic heterocycles. The average Bonchev–Trinajstić information content (AvgIpc) is 2.48. The van der Waals surface area contributed by atoms with Crippen molar-refractivity contribution in [3.8, 4) is 0 Å². The van der Waals surface area contributed by atoms with Crippen LogP contribution >= 0.6 is 0 Å². The molecule has 1 aromatic carbocycles. The van der Waals surface area contributed by atoms with Crippen molar-refractivity contribution < 1.29 is 0 Å². The maximum Gasteiger partial charge on any atom is 0.0233 e. The van der Waals surface area contributed by atoms with Gasteiger partial charge in [-0.25, -0.2) is 0 Å². The van der Waals surface area contributed by atoms with Crippen LogP contribution < -0.4 is 5.73 Å². The number of likely N-dealkylation sites (N-methyl/N-ethyl adjacent to an activating group) is 1. The van der Waals surface area contributed by atoms with Crippen molar-refractivity contribution in [2.75, 3.05) is 39.3 Å². The zero-order chi connectivity index (χ0) is 14.2. The Labute approximate surface area is 123 Å². The summed E-state index contributed by atoms with van der Waals surface area (Å²) >= 11 is 0. The quantitative estimate of drug-likeness (QED) is 0.828. The predicted octanol–water partition coefficient (Wildman–Crippen LogP) is 2.18. The molecule has 0 saturated carbocycles. The summed E-state index contributed by atoms with van der Waals surface area (Å²) in [4.78, 5) is 5.11. The lowest BCUT2D eigenvalue weighted by Gasteiger charge is -2.35. The lowest BCUT2D eigenvalue weighted by molar-refractivity contribution is 0.131. The molecule has 1 atom stereocenters. The van der Waals surface area contributed by atoms with Crippen LogP contribution in [0.25, 0.3) is 0 Å². The van der Waals surface area contributed by atoms with Crippen LogP contribution in [-0.4, -0.2) is 49.1 Å². The molecule has 0 spiro atoms. The maximum atomic E-state index is 5.69. The highest BCUT2D eigenvalue weighted by Crippen LogP contribution is 2.19. The van der Waals surface area contributed by atoms with Crippen molar-refractivity contribution in [3.63, 3.8) is 0 Å². The number of nitrogens with zero attached hydrogens (tertiary/aromatic N) is 2. The van der Waals surface area contributed by atoms with Crippen LogP contribution in [0.2, 0.25) is 0 Å². The second-order valence-corrected chi connectivity index (χ2v) is 5.91. The van der Waals surface area contributed by atoms with Crippen molar-refractivity contribution in [3.05, 3.63) is 35.9 Å². The van der Waals surface area contributed by atoms with Crippen LogP contribution in [0.3, 0.4) is 0 Å². The van der Waals surface area contributed by atoms with E-state index in [4.69, 9.17) is 5.73 Å². The molecule has 0 aromatic heterocycles. The van der Waals surface area contributed by atoms with E-state index >= 15 is 0 Å². The second kappa shape index (κ2) is 8.40. The van der Waals surface area contributed by atoms with E-state index in [-0.39, 0.29) is 0 Å². The molecule has 2 rings (SSSR count). The van der Waals surface area contributed by atoms with Gasteiger partial charge in [0.05, 0.1) is 0 Å². The third-order valence-electron chi connectivity index (χ3n) is 4.26. The first kappa shape index (κ1) is 15.5. The molecule has 1 aliphatic rings. The van der Waals surface area contributed by atoms with Crippen molar-refractivity contribution in [1.82, 2.24) is 9.80 Å². The summed E-state index contributed by atoms with van der Waals surface area (Å²) in [7, 11) is 0. The van der Waals surface area contributed by atoms with E-state index in [1.165, 1.54) is 38.0 Å². The first-order valence-electron chi connectivity index (χ1n) is 8.00. The number of hydrogen-bond acceptors (Lipinski definition) is 3. The molecule has 0 bridgehead atoms. The van der Waals surface area contributed by atoms with Crippen LogP contribution in [0.15, 0.2) is 30.3 Å². The number of nitrogens with two attached hydrogens (primary N) is 1. The van der Waals surface area contributed by atoms with Crippen LogP contribution in [0, 0.1) is 5.92 Å². The van der Waals surface area contributed by atoms with Gasteiger partial charge in [-0.3, -0.25) is 4.90 Å². The lowest BCUT2D eigenvalue weighted by Crippen LogP contribution is -2.41. The Morgan fingerprint density at radius 1 is 1.30 bits per heavy atom. The summed E-state index contributed by atoms with van der Waals surface area (Å²) in [5.74, 6) is 0.805. The predicted molar refractivity (Wildman–Crippen MR) is 85.6 cm³/mol. The smallest absolute Gasteiger partial charge is 0.0233 e. The molecular weight excluding hydrogens is 246 g/mol. The first-order chi connectivity index (χ1) is 9.81. The molecule has 1 heterocycles. The Morgan fingerprint density at radius 3 is 2.80 bits per heavy atom. The number of piperidine rings is 1. The minimum atomic E-state index is 0.772. The van der Waals surface area contributed by atoms with Crippen LogP contribution in [-0.2, 0) is 6.54 Å². The van der Waals surface area contributed by atoms with Gasteiger partial charge in [-0.15, -0.1) is 0 Å². The fourth-order valence-corrected chi connectivity index (χ4v) is 3.21. The molecule has 1 fully saturated rings. The van der Waals surface area contributed by atoms with Crippen LogP contribution in [0.1, 0.15) is 25.3 Å². The Morgan fingerprint density at radius 2 is 2.10 bits per heavy atom. The molecule has 20 heavy (non-hydrogen) atoms. The van der Waals surface area contributed by atoms with Crippen molar-refractivity contribution in [2.45, 2.75) is 26.3 Å². The van der Waals surface area contributed by atoms with E-state index in [1.807, 2.05) is 0 Å². The molecule has 1 aromatic rings. The SMILES string of the molecule is CCN(CCN)C[C@H]1CCCN(Cc2ccccc2)C1. The molecule has 0 amide bonds. The average molecular weight is 275 g/mol. The van der Waals surface area contributed by atoms with E-state index < -0.39 is 0 Å². The van der Waals surface area contributed by atoms with Gasteiger partial charge < -0.3 is 10.6 Å². The van der Waals surface area contributed by atoms with E-state index in [0.29, 0.717) is 0 Å². The van der Waals surface area contributed by atoms with Gasteiger partial charge in [0.15, 0.2) is 0 Å². The van der Waals surface area contributed by atoms with E-state index in [1.54, 1.807) is 0 Å². The Bertz CT molecular complexity index is 366. The van der Waals surface area contributed by atoms with Gasteiger partial charge in [0.25, 0.3) is 0 Å². The molecule has 3 heteroatoms. The highest BCUT2D eigenvalue weighted by molar-refractivity contribution is 5.14. The summed E-state index contributed by atoms with van der Waals surface area (Å²) in [5.41, 5.74) is 7.12. The van der Waals surface area contributed by atoms with E-state index in [0.717, 1.165) is 32.1 Å². The number of benzene rings is 1.